The molecule has 0 heterocycles. The molecule has 0 fully saturated rings. The predicted octanol–water partition coefficient (Wildman–Crippen LogP) is 3.50. The van der Waals surface area contributed by atoms with Crippen molar-refractivity contribution >= 4 is 33.6 Å². The molecule has 3 N–H and O–H groups in total. The Labute approximate surface area is 130 Å². The molecule has 1 amide bonds. The highest BCUT2D eigenvalue weighted by molar-refractivity contribution is 9.10. The van der Waals surface area contributed by atoms with Gasteiger partial charge in [-0.15, -0.1) is 0 Å². The van der Waals surface area contributed by atoms with Crippen LogP contribution in [0.3, 0.4) is 0 Å². The van der Waals surface area contributed by atoms with E-state index in [9.17, 15) is 9.18 Å². The minimum Gasteiger partial charge on any atom is -0.399 e. The normalized spacial score (nSPS) is 10.8. The van der Waals surface area contributed by atoms with E-state index < -0.39 is 0 Å². The van der Waals surface area contributed by atoms with Crippen LogP contribution in [-0.2, 0) is 11.3 Å². The van der Waals surface area contributed by atoms with E-state index in [-0.39, 0.29) is 18.3 Å². The van der Waals surface area contributed by atoms with Crippen LogP contribution in [0.15, 0.2) is 53.0 Å². The smallest absolute Gasteiger partial charge is 0.244 e. The number of nitrogens with two attached hydrogens (primary N) is 1. The molecule has 0 aliphatic heterocycles. The van der Waals surface area contributed by atoms with Gasteiger partial charge in [0.05, 0.1) is 0 Å². The van der Waals surface area contributed by atoms with Gasteiger partial charge in [-0.3, -0.25) is 4.79 Å². The maximum atomic E-state index is 13.5. The number of rotatable bonds is 4. The molecule has 0 saturated carbocycles. The van der Waals surface area contributed by atoms with Gasteiger partial charge in [0.15, 0.2) is 0 Å². The molecule has 0 radical (unpaired) electrons. The number of hydrogen-bond donors (Lipinski definition) is 2. The van der Waals surface area contributed by atoms with Crippen LogP contribution in [0, 0.1) is 5.82 Å². The van der Waals surface area contributed by atoms with Gasteiger partial charge in [0.25, 0.3) is 0 Å². The van der Waals surface area contributed by atoms with Crippen molar-refractivity contribution in [3.63, 3.8) is 0 Å². The fraction of sp³-hybridized carbons (Fsp3) is 0.0625. The van der Waals surface area contributed by atoms with Crippen molar-refractivity contribution in [3.05, 3.63) is 70.0 Å². The van der Waals surface area contributed by atoms with Crippen molar-refractivity contribution in [2.45, 2.75) is 6.54 Å². The molecule has 0 aromatic heterocycles. The number of carbonyl (C=O) groups is 1. The van der Waals surface area contributed by atoms with Crippen molar-refractivity contribution < 1.29 is 9.18 Å². The zero-order valence-electron chi connectivity index (χ0n) is 11.1. The molecule has 2 rings (SSSR count). The number of carbonyl (C=O) groups excluding carboxylic acids is 1. The molecular formula is C16H14BrFN2O. The van der Waals surface area contributed by atoms with E-state index in [0.29, 0.717) is 11.3 Å². The van der Waals surface area contributed by atoms with Crippen molar-refractivity contribution in [1.29, 1.82) is 0 Å². The standard InChI is InChI=1S/C16H14BrFN2O/c17-13-5-6-15(18)12(9-13)10-20-16(21)7-4-11-2-1-3-14(19)8-11/h1-9H,10,19H2,(H,20,21)/b7-4+. The van der Waals surface area contributed by atoms with Gasteiger partial charge >= 0.3 is 0 Å². The second kappa shape index (κ2) is 7.04. The summed E-state index contributed by atoms with van der Waals surface area (Å²) >= 11 is 3.27. The van der Waals surface area contributed by atoms with Gasteiger partial charge in [-0.05, 0) is 42.0 Å². The van der Waals surface area contributed by atoms with Crippen LogP contribution in [0.4, 0.5) is 10.1 Å². The molecule has 0 aliphatic rings. The maximum Gasteiger partial charge on any atom is 0.244 e. The van der Waals surface area contributed by atoms with Crippen LogP contribution in [0.1, 0.15) is 11.1 Å². The molecule has 0 saturated heterocycles. The van der Waals surface area contributed by atoms with Crippen molar-refractivity contribution in [1.82, 2.24) is 5.32 Å². The lowest BCUT2D eigenvalue weighted by Crippen LogP contribution is -2.20. The summed E-state index contributed by atoms with van der Waals surface area (Å²) in [6.45, 7) is 0.130. The highest BCUT2D eigenvalue weighted by Gasteiger charge is 2.04. The fourth-order valence-corrected chi connectivity index (χ4v) is 2.16. The number of anilines is 1. The fourth-order valence-electron chi connectivity index (χ4n) is 1.75. The molecule has 21 heavy (non-hydrogen) atoms. The van der Waals surface area contributed by atoms with Crippen LogP contribution < -0.4 is 11.1 Å². The first-order chi connectivity index (χ1) is 10.0. The van der Waals surface area contributed by atoms with E-state index in [2.05, 4.69) is 21.2 Å². The minimum absolute atomic E-state index is 0.130. The van der Waals surface area contributed by atoms with Crippen LogP contribution in [0.2, 0.25) is 0 Å². The first-order valence-corrected chi connectivity index (χ1v) is 7.09. The number of hydrogen-bond acceptors (Lipinski definition) is 2. The highest BCUT2D eigenvalue weighted by Crippen LogP contribution is 2.15. The zero-order chi connectivity index (χ0) is 15.2. The third-order valence-corrected chi connectivity index (χ3v) is 3.29. The van der Waals surface area contributed by atoms with Gasteiger partial charge in [-0.1, -0.05) is 28.1 Å². The third kappa shape index (κ3) is 4.72. The Morgan fingerprint density at radius 3 is 2.86 bits per heavy atom. The number of nitrogen functional groups attached to an aromatic ring is 1. The van der Waals surface area contributed by atoms with E-state index in [1.165, 1.54) is 12.1 Å². The average Bonchev–Trinajstić information content (AvgIpc) is 2.46. The summed E-state index contributed by atoms with van der Waals surface area (Å²) in [5.74, 6) is -0.643. The second-order valence-corrected chi connectivity index (χ2v) is 5.37. The lowest BCUT2D eigenvalue weighted by atomic mass is 10.2. The number of benzene rings is 2. The van der Waals surface area contributed by atoms with E-state index in [0.717, 1.165) is 10.0 Å². The SMILES string of the molecule is Nc1cccc(/C=C/C(=O)NCc2cc(Br)ccc2F)c1. The van der Waals surface area contributed by atoms with Gasteiger partial charge in [0, 0.05) is 28.3 Å². The molecule has 0 aliphatic carbocycles. The number of nitrogens with one attached hydrogen (secondary N) is 1. The van der Waals surface area contributed by atoms with Crippen molar-refractivity contribution in [2.24, 2.45) is 0 Å². The summed E-state index contributed by atoms with van der Waals surface area (Å²) < 4.78 is 14.3. The Balaban J connectivity index is 1.94. The summed E-state index contributed by atoms with van der Waals surface area (Å²) in [6.07, 6.45) is 3.05. The molecule has 0 atom stereocenters. The Bertz CT molecular complexity index is 686. The quantitative estimate of drug-likeness (QED) is 0.656. The predicted molar refractivity (Wildman–Crippen MR) is 85.8 cm³/mol. The average molecular weight is 349 g/mol. The third-order valence-electron chi connectivity index (χ3n) is 2.80. The first-order valence-electron chi connectivity index (χ1n) is 6.30. The van der Waals surface area contributed by atoms with Gasteiger partial charge in [-0.2, -0.15) is 0 Å². The van der Waals surface area contributed by atoms with E-state index in [4.69, 9.17) is 5.73 Å². The molecule has 0 unspecified atom stereocenters. The molecule has 0 spiro atoms. The summed E-state index contributed by atoms with van der Waals surface area (Å²) in [7, 11) is 0. The van der Waals surface area contributed by atoms with Crippen LogP contribution in [0.25, 0.3) is 6.08 Å². The van der Waals surface area contributed by atoms with E-state index in [1.807, 2.05) is 12.1 Å². The molecular weight excluding hydrogens is 335 g/mol. The minimum atomic E-state index is -0.349. The summed E-state index contributed by atoms with van der Waals surface area (Å²) in [5.41, 5.74) is 7.54. The summed E-state index contributed by atoms with van der Waals surface area (Å²) in [6, 6.07) is 11.8. The van der Waals surface area contributed by atoms with Gasteiger partial charge in [0.1, 0.15) is 5.82 Å². The van der Waals surface area contributed by atoms with E-state index >= 15 is 0 Å². The Hall–Kier alpha value is -2.14. The van der Waals surface area contributed by atoms with Crippen molar-refractivity contribution in [2.75, 3.05) is 5.73 Å². The topological polar surface area (TPSA) is 55.1 Å². The molecule has 108 valence electrons. The lowest BCUT2D eigenvalue weighted by molar-refractivity contribution is -0.116. The molecule has 0 bridgehead atoms. The van der Waals surface area contributed by atoms with Crippen LogP contribution >= 0.6 is 15.9 Å². The lowest BCUT2D eigenvalue weighted by Gasteiger charge is -2.04. The first kappa shape index (κ1) is 15.3. The Kier molecular flexibility index (Phi) is 5.11. The summed E-state index contributed by atoms with van der Waals surface area (Å²) in [5, 5.41) is 2.63. The van der Waals surface area contributed by atoms with Crippen LogP contribution in [-0.4, -0.2) is 5.91 Å². The highest BCUT2D eigenvalue weighted by atomic mass is 79.9. The van der Waals surface area contributed by atoms with Gasteiger partial charge in [-0.25, -0.2) is 4.39 Å². The largest absolute Gasteiger partial charge is 0.399 e. The zero-order valence-corrected chi connectivity index (χ0v) is 12.7. The molecule has 5 heteroatoms. The Morgan fingerprint density at radius 1 is 1.29 bits per heavy atom. The summed E-state index contributed by atoms with van der Waals surface area (Å²) in [4.78, 5) is 11.7. The molecule has 2 aromatic rings. The monoisotopic (exact) mass is 348 g/mol. The van der Waals surface area contributed by atoms with Gasteiger partial charge < -0.3 is 11.1 Å². The maximum absolute atomic E-state index is 13.5. The van der Waals surface area contributed by atoms with E-state index in [1.54, 1.807) is 30.3 Å². The molecule has 3 nitrogen and oxygen atoms in total. The number of halogens is 2. The second-order valence-electron chi connectivity index (χ2n) is 4.46. The van der Waals surface area contributed by atoms with Crippen molar-refractivity contribution in [3.8, 4) is 0 Å². The number of amides is 1. The van der Waals surface area contributed by atoms with Crippen LogP contribution in [0.5, 0.6) is 0 Å². The Morgan fingerprint density at radius 2 is 2.10 bits per heavy atom. The van der Waals surface area contributed by atoms with Gasteiger partial charge in [0.2, 0.25) is 5.91 Å². The molecule has 2 aromatic carbocycles.